The molecule has 0 saturated carbocycles. The van der Waals surface area contributed by atoms with Crippen molar-refractivity contribution in [2.45, 2.75) is 103 Å². The Morgan fingerprint density at radius 2 is 1.39 bits per heavy atom. The van der Waals surface area contributed by atoms with Crippen molar-refractivity contribution in [3.8, 4) is 0 Å². The molecular weight excluding hydrogens is 300 g/mol. The van der Waals surface area contributed by atoms with Crippen LogP contribution in [-0.4, -0.2) is 12.1 Å². The fourth-order valence-corrected chi connectivity index (χ4v) is 4.30. The van der Waals surface area contributed by atoms with Gasteiger partial charge in [-0.3, -0.25) is 0 Å². The summed E-state index contributed by atoms with van der Waals surface area (Å²) >= 11 is 1.93. The Morgan fingerprint density at radius 3 is 1.87 bits per heavy atom. The van der Waals surface area contributed by atoms with Gasteiger partial charge < -0.3 is 11.5 Å². The SMILES string of the molecule is CC(N)CCCC(C)(C)c1csc(C(C)(C)CCCC(C)N)c1. The van der Waals surface area contributed by atoms with Crippen LogP contribution >= 0.6 is 11.3 Å². The van der Waals surface area contributed by atoms with Crippen LogP contribution in [0.15, 0.2) is 11.4 Å². The van der Waals surface area contributed by atoms with Gasteiger partial charge in [0, 0.05) is 17.0 Å². The van der Waals surface area contributed by atoms with Crippen molar-refractivity contribution in [1.82, 2.24) is 0 Å². The normalized spacial score (nSPS) is 15.7. The highest BCUT2D eigenvalue weighted by molar-refractivity contribution is 7.10. The van der Waals surface area contributed by atoms with Crippen molar-refractivity contribution < 1.29 is 0 Å². The molecular formula is C20H38N2S. The topological polar surface area (TPSA) is 52.0 Å². The Labute approximate surface area is 148 Å². The zero-order valence-corrected chi connectivity index (χ0v) is 16.9. The lowest BCUT2D eigenvalue weighted by molar-refractivity contribution is 0.434. The zero-order valence-electron chi connectivity index (χ0n) is 16.1. The van der Waals surface area contributed by atoms with E-state index >= 15 is 0 Å². The standard InChI is InChI=1S/C20H38N2S/c1-15(21)9-7-11-19(3,4)17-13-18(23-14-17)20(5,6)12-8-10-16(2)22/h13-16H,7-12,21-22H2,1-6H3. The molecule has 1 rings (SSSR count). The minimum absolute atomic E-state index is 0.242. The van der Waals surface area contributed by atoms with Crippen LogP contribution in [0, 0.1) is 0 Å². The van der Waals surface area contributed by atoms with Gasteiger partial charge in [0.15, 0.2) is 0 Å². The average molecular weight is 339 g/mol. The number of hydrogen-bond donors (Lipinski definition) is 2. The molecule has 0 aromatic carbocycles. The van der Waals surface area contributed by atoms with Crippen LogP contribution in [0.25, 0.3) is 0 Å². The van der Waals surface area contributed by atoms with E-state index in [4.69, 9.17) is 11.5 Å². The second-order valence-corrected chi connectivity index (χ2v) is 9.62. The minimum atomic E-state index is 0.242. The quantitative estimate of drug-likeness (QED) is 0.605. The van der Waals surface area contributed by atoms with E-state index in [1.165, 1.54) is 36.1 Å². The summed E-state index contributed by atoms with van der Waals surface area (Å²) in [5.74, 6) is 0. The van der Waals surface area contributed by atoms with E-state index in [9.17, 15) is 0 Å². The lowest BCUT2D eigenvalue weighted by atomic mass is 9.79. The summed E-state index contributed by atoms with van der Waals surface area (Å²) in [5.41, 5.74) is 13.7. The van der Waals surface area contributed by atoms with Crippen molar-refractivity contribution in [2.24, 2.45) is 11.5 Å². The number of hydrogen-bond acceptors (Lipinski definition) is 3. The maximum atomic E-state index is 5.88. The third-order valence-corrected chi connectivity index (χ3v) is 6.27. The van der Waals surface area contributed by atoms with Crippen LogP contribution in [0.4, 0.5) is 0 Å². The molecule has 0 aliphatic rings. The van der Waals surface area contributed by atoms with Gasteiger partial charge in [-0.05, 0) is 67.4 Å². The van der Waals surface area contributed by atoms with Crippen LogP contribution < -0.4 is 11.5 Å². The number of rotatable bonds is 10. The van der Waals surface area contributed by atoms with Crippen molar-refractivity contribution >= 4 is 11.3 Å². The van der Waals surface area contributed by atoms with E-state index in [1.54, 1.807) is 0 Å². The van der Waals surface area contributed by atoms with Gasteiger partial charge in [-0.25, -0.2) is 0 Å². The molecule has 0 radical (unpaired) electrons. The van der Waals surface area contributed by atoms with Gasteiger partial charge in [-0.15, -0.1) is 11.3 Å². The van der Waals surface area contributed by atoms with Crippen LogP contribution in [0.5, 0.6) is 0 Å². The van der Waals surface area contributed by atoms with Gasteiger partial charge in [0.1, 0.15) is 0 Å². The Hall–Kier alpha value is -0.380. The van der Waals surface area contributed by atoms with Gasteiger partial charge >= 0.3 is 0 Å². The van der Waals surface area contributed by atoms with Crippen LogP contribution in [-0.2, 0) is 10.8 Å². The second-order valence-electron chi connectivity index (χ2n) is 8.71. The molecule has 0 spiro atoms. The molecule has 0 saturated heterocycles. The third-order valence-electron chi connectivity index (χ3n) is 4.97. The maximum Gasteiger partial charge on any atom is 0.0105 e. The highest BCUT2D eigenvalue weighted by atomic mass is 32.1. The Morgan fingerprint density at radius 1 is 0.913 bits per heavy atom. The molecule has 0 aliphatic carbocycles. The van der Waals surface area contributed by atoms with Gasteiger partial charge in [0.05, 0.1) is 0 Å². The first-order valence-electron chi connectivity index (χ1n) is 9.15. The summed E-state index contributed by atoms with van der Waals surface area (Å²) in [6, 6.07) is 3.07. The number of nitrogens with two attached hydrogens (primary N) is 2. The predicted octanol–water partition coefficient (Wildman–Crippen LogP) is 5.34. The molecule has 2 unspecified atom stereocenters. The highest BCUT2D eigenvalue weighted by Crippen LogP contribution is 2.38. The highest BCUT2D eigenvalue weighted by Gasteiger charge is 2.27. The van der Waals surface area contributed by atoms with E-state index in [1.807, 2.05) is 11.3 Å². The Bertz CT molecular complexity index is 417. The maximum absolute atomic E-state index is 5.88. The first kappa shape index (κ1) is 20.7. The van der Waals surface area contributed by atoms with Gasteiger partial charge in [0.25, 0.3) is 0 Å². The van der Waals surface area contributed by atoms with Crippen molar-refractivity contribution in [3.05, 3.63) is 21.9 Å². The molecule has 134 valence electrons. The molecule has 4 N–H and O–H groups in total. The largest absolute Gasteiger partial charge is 0.328 e. The molecule has 2 nitrogen and oxygen atoms in total. The van der Waals surface area contributed by atoms with E-state index in [2.05, 4.69) is 53.0 Å². The summed E-state index contributed by atoms with van der Waals surface area (Å²) in [4.78, 5) is 1.51. The molecule has 3 heteroatoms. The smallest absolute Gasteiger partial charge is 0.0105 e. The van der Waals surface area contributed by atoms with Crippen LogP contribution in [0.2, 0.25) is 0 Å². The average Bonchev–Trinajstić information content (AvgIpc) is 2.88. The lowest BCUT2D eigenvalue weighted by Gasteiger charge is -2.26. The predicted molar refractivity (Wildman–Crippen MR) is 105 cm³/mol. The summed E-state index contributed by atoms with van der Waals surface area (Å²) in [5, 5.41) is 2.37. The van der Waals surface area contributed by atoms with E-state index in [0.29, 0.717) is 12.1 Å². The molecule has 0 fully saturated rings. The van der Waals surface area contributed by atoms with Crippen molar-refractivity contribution in [3.63, 3.8) is 0 Å². The fourth-order valence-electron chi connectivity index (χ4n) is 3.05. The second kappa shape index (κ2) is 8.64. The van der Waals surface area contributed by atoms with E-state index < -0.39 is 0 Å². The molecule has 1 heterocycles. The van der Waals surface area contributed by atoms with Crippen LogP contribution in [0.1, 0.15) is 90.5 Å². The van der Waals surface area contributed by atoms with Gasteiger partial charge in [-0.1, -0.05) is 40.5 Å². The molecule has 1 aromatic heterocycles. The van der Waals surface area contributed by atoms with Gasteiger partial charge in [0.2, 0.25) is 0 Å². The Kier molecular flexibility index (Phi) is 7.76. The summed E-state index contributed by atoms with van der Waals surface area (Å²) < 4.78 is 0. The molecule has 0 amide bonds. The van der Waals surface area contributed by atoms with Crippen molar-refractivity contribution in [2.75, 3.05) is 0 Å². The molecule has 23 heavy (non-hydrogen) atoms. The zero-order chi connectivity index (χ0) is 17.7. The van der Waals surface area contributed by atoms with E-state index in [0.717, 1.165) is 12.8 Å². The summed E-state index contributed by atoms with van der Waals surface area (Å²) in [7, 11) is 0. The van der Waals surface area contributed by atoms with Gasteiger partial charge in [-0.2, -0.15) is 0 Å². The molecule has 0 aliphatic heterocycles. The minimum Gasteiger partial charge on any atom is -0.328 e. The first-order valence-corrected chi connectivity index (χ1v) is 10.0. The molecule has 0 bridgehead atoms. The summed E-state index contributed by atoms with van der Waals surface area (Å²) in [6.07, 6.45) is 7.05. The summed E-state index contributed by atoms with van der Waals surface area (Å²) in [6.45, 7) is 13.7. The van der Waals surface area contributed by atoms with Crippen molar-refractivity contribution in [1.29, 1.82) is 0 Å². The monoisotopic (exact) mass is 338 g/mol. The fraction of sp³-hybridized carbons (Fsp3) is 0.800. The Balaban J connectivity index is 2.67. The van der Waals surface area contributed by atoms with Crippen LogP contribution in [0.3, 0.4) is 0 Å². The first-order chi connectivity index (χ1) is 10.5. The van der Waals surface area contributed by atoms with E-state index in [-0.39, 0.29) is 10.8 Å². The third kappa shape index (κ3) is 6.94. The molecule has 1 aromatic rings. The molecule has 2 atom stereocenters. The number of thiophene rings is 1. The lowest BCUT2D eigenvalue weighted by Crippen LogP contribution is -2.20.